The summed E-state index contributed by atoms with van der Waals surface area (Å²) < 4.78 is 1.96. The van der Waals surface area contributed by atoms with E-state index in [1.807, 2.05) is 9.58 Å². The highest BCUT2D eigenvalue weighted by atomic mass is 16.2. The highest BCUT2D eigenvalue weighted by molar-refractivity contribution is 5.89. The molecule has 1 aliphatic carbocycles. The molecule has 0 spiro atoms. The van der Waals surface area contributed by atoms with Crippen LogP contribution in [0.3, 0.4) is 0 Å². The van der Waals surface area contributed by atoms with Gasteiger partial charge in [-0.05, 0) is 31.8 Å². The van der Waals surface area contributed by atoms with Crippen LogP contribution in [-0.2, 0) is 4.79 Å². The van der Waals surface area contributed by atoms with Gasteiger partial charge < -0.3 is 10.6 Å². The molecule has 2 aromatic heterocycles. The molecule has 7 heteroatoms. The zero-order valence-electron chi connectivity index (χ0n) is 13.0. The molecule has 120 valence electrons. The molecule has 0 aromatic carbocycles. The van der Waals surface area contributed by atoms with Gasteiger partial charge in [-0.1, -0.05) is 6.58 Å². The van der Waals surface area contributed by atoms with Gasteiger partial charge in [-0.3, -0.25) is 4.79 Å². The van der Waals surface area contributed by atoms with E-state index in [0.717, 1.165) is 49.0 Å². The monoisotopic (exact) mass is 312 g/mol. The van der Waals surface area contributed by atoms with Crippen molar-refractivity contribution in [3.05, 3.63) is 24.7 Å². The molecular formula is C16H20N6O. The Balaban J connectivity index is 1.75. The Bertz CT molecular complexity index is 778. The third-order valence-corrected chi connectivity index (χ3v) is 4.74. The van der Waals surface area contributed by atoms with Gasteiger partial charge in [0, 0.05) is 19.0 Å². The fourth-order valence-corrected chi connectivity index (χ4v) is 3.40. The van der Waals surface area contributed by atoms with Crippen LogP contribution >= 0.6 is 0 Å². The summed E-state index contributed by atoms with van der Waals surface area (Å²) in [7, 11) is 0. The number of aromatic nitrogens is 4. The van der Waals surface area contributed by atoms with Gasteiger partial charge in [-0.25, -0.2) is 14.6 Å². The van der Waals surface area contributed by atoms with E-state index < -0.39 is 0 Å². The molecule has 2 aliphatic rings. The van der Waals surface area contributed by atoms with Crippen molar-refractivity contribution < 1.29 is 4.79 Å². The van der Waals surface area contributed by atoms with Gasteiger partial charge in [0.25, 0.3) is 0 Å². The summed E-state index contributed by atoms with van der Waals surface area (Å²) in [5.41, 5.74) is 7.89. The van der Waals surface area contributed by atoms with Crippen LogP contribution in [0.1, 0.15) is 43.3 Å². The minimum absolute atomic E-state index is 0.0253. The SMILES string of the molecule is C=CC(=O)N1CCCC(n2nc(C3CC3)c3c(N)ncnc32)C1. The average Bonchev–Trinajstić information content (AvgIpc) is 3.35. The van der Waals surface area contributed by atoms with Crippen LogP contribution in [-0.4, -0.2) is 43.6 Å². The van der Waals surface area contributed by atoms with Crippen molar-refractivity contribution in [3.8, 4) is 0 Å². The molecule has 4 rings (SSSR count). The Kier molecular flexibility index (Phi) is 3.28. The zero-order chi connectivity index (χ0) is 16.0. The molecule has 1 saturated carbocycles. The van der Waals surface area contributed by atoms with Gasteiger partial charge in [-0.2, -0.15) is 5.10 Å². The molecule has 1 unspecified atom stereocenters. The number of carbonyl (C=O) groups is 1. The molecule has 3 heterocycles. The van der Waals surface area contributed by atoms with E-state index in [1.165, 1.54) is 12.4 Å². The number of amides is 1. The van der Waals surface area contributed by atoms with Gasteiger partial charge >= 0.3 is 0 Å². The van der Waals surface area contributed by atoms with E-state index in [1.54, 1.807) is 0 Å². The molecule has 1 amide bonds. The molecule has 1 saturated heterocycles. The lowest BCUT2D eigenvalue weighted by Gasteiger charge is -2.32. The molecule has 2 fully saturated rings. The normalized spacial score (nSPS) is 21.6. The number of nitrogens with zero attached hydrogens (tertiary/aromatic N) is 5. The van der Waals surface area contributed by atoms with Crippen LogP contribution in [0.4, 0.5) is 5.82 Å². The first-order valence-electron chi connectivity index (χ1n) is 8.09. The highest BCUT2D eigenvalue weighted by Crippen LogP contribution is 2.44. The third-order valence-electron chi connectivity index (χ3n) is 4.74. The van der Waals surface area contributed by atoms with Gasteiger partial charge in [0.1, 0.15) is 12.1 Å². The van der Waals surface area contributed by atoms with E-state index in [4.69, 9.17) is 10.8 Å². The van der Waals surface area contributed by atoms with Crippen LogP contribution < -0.4 is 5.73 Å². The summed E-state index contributed by atoms with van der Waals surface area (Å²) in [5.74, 6) is 0.947. The fourth-order valence-electron chi connectivity index (χ4n) is 3.40. The van der Waals surface area contributed by atoms with E-state index in [2.05, 4.69) is 16.5 Å². The van der Waals surface area contributed by atoms with E-state index >= 15 is 0 Å². The molecule has 2 aromatic rings. The van der Waals surface area contributed by atoms with Gasteiger partial charge in [0.05, 0.1) is 17.1 Å². The zero-order valence-corrected chi connectivity index (χ0v) is 13.0. The summed E-state index contributed by atoms with van der Waals surface area (Å²) in [6.45, 7) is 4.99. The minimum Gasteiger partial charge on any atom is -0.383 e. The van der Waals surface area contributed by atoms with E-state index in [0.29, 0.717) is 18.3 Å². The van der Waals surface area contributed by atoms with Gasteiger partial charge in [0.15, 0.2) is 5.65 Å². The summed E-state index contributed by atoms with van der Waals surface area (Å²) in [5, 5.41) is 5.72. The Morgan fingerprint density at radius 1 is 1.35 bits per heavy atom. The van der Waals surface area contributed by atoms with Crippen molar-refractivity contribution in [2.24, 2.45) is 0 Å². The molecule has 0 radical (unpaired) electrons. The van der Waals surface area contributed by atoms with Crippen molar-refractivity contribution in [2.45, 2.75) is 37.6 Å². The van der Waals surface area contributed by atoms with Gasteiger partial charge in [-0.15, -0.1) is 0 Å². The van der Waals surface area contributed by atoms with Crippen LogP contribution in [0.25, 0.3) is 11.0 Å². The van der Waals surface area contributed by atoms with E-state index in [-0.39, 0.29) is 11.9 Å². The Morgan fingerprint density at radius 2 is 2.17 bits per heavy atom. The van der Waals surface area contributed by atoms with Crippen LogP contribution in [0, 0.1) is 0 Å². The second-order valence-corrected chi connectivity index (χ2v) is 6.35. The Hall–Kier alpha value is -2.44. The third kappa shape index (κ3) is 2.36. The summed E-state index contributed by atoms with van der Waals surface area (Å²) >= 11 is 0. The first-order valence-corrected chi connectivity index (χ1v) is 8.09. The first-order chi connectivity index (χ1) is 11.2. The number of nitrogen functional groups attached to an aromatic ring is 1. The number of hydrogen-bond acceptors (Lipinski definition) is 5. The lowest BCUT2D eigenvalue weighted by atomic mass is 10.1. The van der Waals surface area contributed by atoms with Crippen LogP contribution in [0.5, 0.6) is 0 Å². The minimum atomic E-state index is -0.0253. The molecule has 7 nitrogen and oxygen atoms in total. The van der Waals surface area contributed by atoms with Crippen molar-refractivity contribution in [3.63, 3.8) is 0 Å². The van der Waals surface area contributed by atoms with Gasteiger partial charge in [0.2, 0.25) is 5.91 Å². The number of rotatable bonds is 3. The molecular weight excluding hydrogens is 292 g/mol. The maximum Gasteiger partial charge on any atom is 0.246 e. The summed E-state index contributed by atoms with van der Waals surface area (Å²) in [6.07, 6.45) is 7.08. The smallest absolute Gasteiger partial charge is 0.246 e. The van der Waals surface area contributed by atoms with E-state index in [9.17, 15) is 4.79 Å². The maximum atomic E-state index is 11.9. The predicted molar refractivity (Wildman–Crippen MR) is 86.8 cm³/mol. The Labute approximate surface area is 134 Å². The largest absolute Gasteiger partial charge is 0.383 e. The molecule has 2 N–H and O–H groups in total. The van der Waals surface area contributed by atoms with Crippen LogP contribution in [0.2, 0.25) is 0 Å². The molecule has 1 aliphatic heterocycles. The standard InChI is InChI=1S/C16H20N6O/c1-2-12(23)21-7-3-4-11(8-21)22-16-13(15(17)18-9-19-16)14(20-22)10-5-6-10/h2,9-11H,1,3-8H2,(H2,17,18,19). The maximum absolute atomic E-state index is 11.9. The lowest BCUT2D eigenvalue weighted by Crippen LogP contribution is -2.40. The van der Waals surface area contributed by atoms with Crippen molar-refractivity contribution in [1.29, 1.82) is 0 Å². The van der Waals surface area contributed by atoms with Crippen LogP contribution in [0.15, 0.2) is 19.0 Å². The topological polar surface area (TPSA) is 89.9 Å². The van der Waals surface area contributed by atoms with Crippen molar-refractivity contribution in [2.75, 3.05) is 18.8 Å². The molecule has 0 bridgehead atoms. The number of hydrogen-bond donors (Lipinski definition) is 1. The van der Waals surface area contributed by atoms with Crippen molar-refractivity contribution in [1.82, 2.24) is 24.6 Å². The summed E-state index contributed by atoms with van der Waals surface area (Å²) in [6, 6.07) is 0.122. The quantitative estimate of drug-likeness (QED) is 0.870. The number of piperidine rings is 1. The fraction of sp³-hybridized carbons (Fsp3) is 0.500. The summed E-state index contributed by atoms with van der Waals surface area (Å²) in [4.78, 5) is 22.3. The number of nitrogens with two attached hydrogens (primary N) is 1. The molecule has 23 heavy (non-hydrogen) atoms. The van der Waals surface area contributed by atoms with Crippen molar-refractivity contribution >= 4 is 22.8 Å². The number of fused-ring (bicyclic) bond motifs is 1. The number of likely N-dealkylation sites (tertiary alicyclic amines) is 1. The number of anilines is 1. The lowest BCUT2D eigenvalue weighted by molar-refractivity contribution is -0.127. The Morgan fingerprint density at radius 3 is 2.91 bits per heavy atom. The molecule has 1 atom stereocenters. The first kappa shape index (κ1) is 14.2. The number of carbonyl (C=O) groups excluding carboxylic acids is 1. The highest BCUT2D eigenvalue weighted by Gasteiger charge is 2.33. The second kappa shape index (κ2) is 5.33. The predicted octanol–water partition coefficient (Wildman–Crippen LogP) is 1.64. The average molecular weight is 312 g/mol. The second-order valence-electron chi connectivity index (χ2n) is 6.35.